The van der Waals surface area contributed by atoms with Crippen molar-refractivity contribution in [3.63, 3.8) is 0 Å². The molecule has 6 nitrogen and oxygen atoms in total. The van der Waals surface area contributed by atoms with Crippen LogP contribution in [0.1, 0.15) is 49.8 Å². The van der Waals surface area contributed by atoms with Gasteiger partial charge in [-0.1, -0.05) is 79.2 Å². The zero-order valence-electron chi connectivity index (χ0n) is 26.8. The molecule has 1 saturated heterocycles. The van der Waals surface area contributed by atoms with Gasteiger partial charge in [-0.15, -0.1) is 0 Å². The average molecular weight is 617 g/mol. The fourth-order valence-corrected chi connectivity index (χ4v) is 7.83. The van der Waals surface area contributed by atoms with Gasteiger partial charge in [-0.25, -0.2) is 9.37 Å². The van der Waals surface area contributed by atoms with E-state index in [1.165, 1.54) is 12.1 Å². The van der Waals surface area contributed by atoms with Crippen molar-refractivity contribution in [1.29, 1.82) is 0 Å². The van der Waals surface area contributed by atoms with Crippen LogP contribution in [-0.2, 0) is 28.6 Å². The Labute approximate surface area is 270 Å². The van der Waals surface area contributed by atoms with Gasteiger partial charge in [0.05, 0.1) is 11.0 Å². The molecular formula is C39H41FN4O2. The summed E-state index contributed by atoms with van der Waals surface area (Å²) in [7, 11) is 2.10. The number of rotatable bonds is 9. The minimum atomic E-state index is -0.886. The zero-order chi connectivity index (χ0) is 31.8. The lowest BCUT2D eigenvalue weighted by molar-refractivity contribution is -0.150. The van der Waals surface area contributed by atoms with Gasteiger partial charge in [0.1, 0.15) is 17.8 Å². The highest BCUT2D eigenvalue weighted by atomic mass is 19.1. The number of hydrogen-bond acceptors (Lipinski definition) is 5. The highest BCUT2D eigenvalue weighted by Crippen LogP contribution is 2.52. The van der Waals surface area contributed by atoms with Gasteiger partial charge in [-0.2, -0.15) is 0 Å². The second-order valence-electron chi connectivity index (χ2n) is 13.0. The molecule has 1 fully saturated rings. The van der Waals surface area contributed by atoms with Gasteiger partial charge >= 0.3 is 5.97 Å². The number of benzene rings is 4. The molecule has 2 heterocycles. The third-order valence-electron chi connectivity index (χ3n) is 10.1. The van der Waals surface area contributed by atoms with Crippen LogP contribution >= 0.6 is 0 Å². The summed E-state index contributed by atoms with van der Waals surface area (Å²) in [5, 5.41) is 0. The Morgan fingerprint density at radius 3 is 2.11 bits per heavy atom. The van der Waals surface area contributed by atoms with Crippen LogP contribution in [0.2, 0.25) is 0 Å². The average Bonchev–Trinajstić information content (AvgIpc) is 3.56. The first-order valence-electron chi connectivity index (χ1n) is 16.4. The Morgan fingerprint density at radius 2 is 1.46 bits per heavy atom. The summed E-state index contributed by atoms with van der Waals surface area (Å²) in [5.41, 5.74) is 6.28. The summed E-state index contributed by atoms with van der Waals surface area (Å²) in [5.74, 6) is 0.478. The minimum Gasteiger partial charge on any atom is -0.460 e. The topological polar surface area (TPSA) is 50.6 Å². The van der Waals surface area contributed by atoms with Crippen molar-refractivity contribution in [1.82, 2.24) is 14.5 Å². The summed E-state index contributed by atoms with van der Waals surface area (Å²) in [6, 6.07) is 31.7. The first-order chi connectivity index (χ1) is 22.4. The van der Waals surface area contributed by atoms with Crippen molar-refractivity contribution in [2.75, 3.05) is 24.5 Å². The third kappa shape index (κ3) is 5.26. The number of aromatic nitrogens is 2. The van der Waals surface area contributed by atoms with Gasteiger partial charge in [0.25, 0.3) is 0 Å². The Morgan fingerprint density at radius 1 is 0.848 bits per heavy atom. The molecule has 0 spiro atoms. The van der Waals surface area contributed by atoms with E-state index in [1.54, 1.807) is 12.1 Å². The number of carbonyl (C=O) groups is 1. The van der Waals surface area contributed by atoms with Gasteiger partial charge in [0.15, 0.2) is 0 Å². The van der Waals surface area contributed by atoms with E-state index in [9.17, 15) is 9.18 Å². The maximum absolute atomic E-state index is 14.3. The molecule has 0 unspecified atom stereocenters. The highest BCUT2D eigenvalue weighted by Gasteiger charge is 2.49. The molecular weight excluding hydrogens is 575 g/mol. The van der Waals surface area contributed by atoms with Crippen LogP contribution < -0.4 is 4.90 Å². The number of aryl methyl sites for hydroxylation is 1. The number of piperazine rings is 1. The smallest absolute Gasteiger partial charge is 0.321 e. The van der Waals surface area contributed by atoms with Crippen molar-refractivity contribution in [2.45, 2.75) is 57.2 Å². The predicted molar refractivity (Wildman–Crippen MR) is 181 cm³/mol. The SMILES string of the molecule is C[C@@H]1CN(c2nc3ccccc3n2C)C[C@H](C)N1CCCCC1(C(=O)OCc2ccc(F)cc2)c2ccccc2-c2ccccc21. The Kier molecular flexibility index (Phi) is 8.11. The Hall–Kier alpha value is -4.49. The molecule has 0 N–H and O–H groups in total. The van der Waals surface area contributed by atoms with Gasteiger partial charge in [0, 0.05) is 32.2 Å². The molecule has 7 rings (SSSR count). The molecule has 46 heavy (non-hydrogen) atoms. The Balaban J connectivity index is 1.07. The lowest BCUT2D eigenvalue weighted by Gasteiger charge is -2.45. The zero-order valence-corrected chi connectivity index (χ0v) is 26.8. The number of ether oxygens (including phenoxy) is 1. The van der Waals surface area contributed by atoms with Crippen LogP contribution in [0, 0.1) is 5.82 Å². The second-order valence-corrected chi connectivity index (χ2v) is 13.0. The van der Waals surface area contributed by atoms with E-state index in [0.29, 0.717) is 18.5 Å². The maximum atomic E-state index is 14.3. The first kappa shape index (κ1) is 30.2. The molecule has 2 atom stereocenters. The second kappa shape index (κ2) is 12.4. The molecule has 1 aromatic heterocycles. The Bertz CT molecular complexity index is 1810. The summed E-state index contributed by atoms with van der Waals surface area (Å²) < 4.78 is 21.8. The normalized spacial score (nSPS) is 18.8. The molecule has 0 bridgehead atoms. The van der Waals surface area contributed by atoms with Gasteiger partial charge in [-0.05, 0) is 85.3 Å². The van der Waals surface area contributed by atoms with Gasteiger partial charge in [-0.3, -0.25) is 9.69 Å². The van der Waals surface area contributed by atoms with Crippen LogP contribution in [-0.4, -0.2) is 52.1 Å². The van der Waals surface area contributed by atoms with Crippen LogP contribution in [0.15, 0.2) is 97.1 Å². The van der Waals surface area contributed by atoms with E-state index in [2.05, 4.69) is 77.7 Å². The van der Waals surface area contributed by atoms with E-state index < -0.39 is 5.41 Å². The lowest BCUT2D eigenvalue weighted by atomic mass is 9.74. The van der Waals surface area contributed by atoms with E-state index >= 15 is 0 Å². The van der Waals surface area contributed by atoms with E-state index in [-0.39, 0.29) is 18.4 Å². The van der Waals surface area contributed by atoms with E-state index in [0.717, 1.165) is 77.3 Å². The van der Waals surface area contributed by atoms with Crippen molar-refractivity contribution < 1.29 is 13.9 Å². The molecule has 1 aliphatic carbocycles. The molecule has 1 aliphatic heterocycles. The lowest BCUT2D eigenvalue weighted by Crippen LogP contribution is -2.57. The predicted octanol–water partition coefficient (Wildman–Crippen LogP) is 7.49. The number of imidazole rings is 1. The summed E-state index contributed by atoms with van der Waals surface area (Å²) in [4.78, 5) is 24.3. The number of fused-ring (bicyclic) bond motifs is 4. The van der Waals surface area contributed by atoms with Crippen molar-refractivity contribution >= 4 is 23.0 Å². The number of halogens is 1. The van der Waals surface area contributed by atoms with E-state index in [4.69, 9.17) is 9.72 Å². The molecule has 0 amide bonds. The number of anilines is 1. The van der Waals surface area contributed by atoms with Gasteiger partial charge in [0.2, 0.25) is 5.95 Å². The molecule has 5 aromatic rings. The number of hydrogen-bond donors (Lipinski definition) is 0. The van der Waals surface area contributed by atoms with Crippen LogP contribution in [0.3, 0.4) is 0 Å². The highest BCUT2D eigenvalue weighted by molar-refractivity contribution is 5.98. The largest absolute Gasteiger partial charge is 0.460 e. The number of para-hydroxylation sites is 2. The maximum Gasteiger partial charge on any atom is 0.321 e. The van der Waals surface area contributed by atoms with Crippen molar-refractivity contribution in [3.8, 4) is 11.1 Å². The number of unbranched alkanes of at least 4 members (excludes halogenated alkanes) is 1. The summed E-state index contributed by atoms with van der Waals surface area (Å²) in [6.07, 6.45) is 2.50. The number of carbonyl (C=O) groups excluding carboxylic acids is 1. The molecule has 4 aromatic carbocycles. The number of nitrogens with zero attached hydrogens (tertiary/aromatic N) is 4. The quantitative estimate of drug-likeness (QED) is 0.127. The van der Waals surface area contributed by atoms with Crippen LogP contribution in [0.5, 0.6) is 0 Å². The molecule has 236 valence electrons. The van der Waals surface area contributed by atoms with Gasteiger partial charge < -0.3 is 14.2 Å². The third-order valence-corrected chi connectivity index (χ3v) is 10.1. The van der Waals surface area contributed by atoms with Crippen LogP contribution in [0.4, 0.5) is 10.3 Å². The molecule has 2 aliphatic rings. The molecule has 7 heteroatoms. The van der Waals surface area contributed by atoms with Crippen molar-refractivity contribution in [3.05, 3.63) is 120 Å². The number of esters is 1. The van der Waals surface area contributed by atoms with Crippen molar-refractivity contribution in [2.24, 2.45) is 7.05 Å². The monoisotopic (exact) mass is 616 g/mol. The molecule has 0 saturated carbocycles. The summed E-state index contributed by atoms with van der Waals surface area (Å²) >= 11 is 0. The van der Waals surface area contributed by atoms with Crippen LogP contribution in [0.25, 0.3) is 22.2 Å². The minimum absolute atomic E-state index is 0.107. The fourth-order valence-electron chi connectivity index (χ4n) is 7.83. The standard InChI is InChI=1S/C39H41FN4O2/c1-27-24-43(38-41-35-16-8-9-17-36(35)42(38)3)25-28(2)44(27)23-11-10-22-39(37(45)46-26-29-18-20-30(40)21-19-29)33-14-6-4-12-31(33)32-13-5-7-15-34(32)39/h4-9,12-21,27-28H,10-11,22-26H2,1-3H3/t27-,28+. The first-order valence-corrected chi connectivity index (χ1v) is 16.4. The van der Waals surface area contributed by atoms with E-state index in [1.807, 2.05) is 30.3 Å². The summed E-state index contributed by atoms with van der Waals surface area (Å²) in [6.45, 7) is 7.52. The fraction of sp³-hybridized carbons (Fsp3) is 0.333. The molecule has 0 radical (unpaired) electrons.